The number of rotatable bonds is 10. The van der Waals surface area contributed by atoms with Crippen molar-refractivity contribution >= 4 is 53.0 Å². The predicted molar refractivity (Wildman–Crippen MR) is 125 cm³/mol. The van der Waals surface area contributed by atoms with Crippen LogP contribution in [0, 0.1) is 0 Å². The van der Waals surface area contributed by atoms with Crippen LogP contribution in [0.1, 0.15) is 34.6 Å². The number of methoxy groups -OCH3 is 2. The van der Waals surface area contributed by atoms with Crippen LogP contribution in [-0.4, -0.2) is 75.5 Å². The van der Waals surface area contributed by atoms with Gasteiger partial charge in [0.15, 0.2) is 5.16 Å². The SMILES string of the molecule is CCNc1nc(NCC)n2c(SCC(=O)Nc3cc(C(=O)OC)ccc3C(=O)OC)nnc2n1. The summed E-state index contributed by atoms with van der Waals surface area (Å²) in [5.41, 5.74) is 0.393. The topological polar surface area (TPSA) is 162 Å². The average molecular weight is 489 g/mol. The summed E-state index contributed by atoms with van der Waals surface area (Å²) in [6.45, 7) is 5.10. The van der Waals surface area contributed by atoms with Crippen molar-refractivity contribution < 1.29 is 23.9 Å². The van der Waals surface area contributed by atoms with Crippen molar-refractivity contribution in [2.75, 3.05) is 49.0 Å². The van der Waals surface area contributed by atoms with Gasteiger partial charge in [-0.05, 0) is 32.0 Å². The molecule has 2 aromatic heterocycles. The highest BCUT2D eigenvalue weighted by atomic mass is 32.2. The van der Waals surface area contributed by atoms with Crippen molar-refractivity contribution in [1.29, 1.82) is 0 Å². The highest BCUT2D eigenvalue weighted by Crippen LogP contribution is 2.23. The smallest absolute Gasteiger partial charge is 0.339 e. The monoisotopic (exact) mass is 488 g/mol. The fraction of sp³-hybridized carbons (Fsp3) is 0.350. The number of hydrogen-bond donors (Lipinski definition) is 3. The number of hydrogen-bond acceptors (Lipinski definition) is 12. The summed E-state index contributed by atoms with van der Waals surface area (Å²) in [4.78, 5) is 45.4. The van der Waals surface area contributed by atoms with Gasteiger partial charge < -0.3 is 25.4 Å². The van der Waals surface area contributed by atoms with Crippen LogP contribution in [-0.2, 0) is 14.3 Å². The van der Waals surface area contributed by atoms with Gasteiger partial charge in [-0.25, -0.2) is 14.0 Å². The van der Waals surface area contributed by atoms with E-state index < -0.39 is 17.8 Å². The van der Waals surface area contributed by atoms with Crippen LogP contribution in [0.4, 0.5) is 17.6 Å². The molecule has 0 fully saturated rings. The molecule has 0 unspecified atom stereocenters. The summed E-state index contributed by atoms with van der Waals surface area (Å²) in [7, 11) is 2.46. The Hall–Kier alpha value is -3.94. The molecule has 2 heterocycles. The Kier molecular flexibility index (Phi) is 8.19. The number of fused-ring (bicyclic) bond motifs is 1. The first kappa shape index (κ1) is 24.7. The van der Waals surface area contributed by atoms with Crippen molar-refractivity contribution in [2.24, 2.45) is 0 Å². The third-order valence-corrected chi connectivity index (χ3v) is 5.30. The van der Waals surface area contributed by atoms with Gasteiger partial charge in [-0.1, -0.05) is 11.8 Å². The number of carbonyl (C=O) groups excluding carboxylic acids is 3. The Morgan fingerprint density at radius 2 is 1.74 bits per heavy atom. The first-order valence-corrected chi connectivity index (χ1v) is 11.2. The fourth-order valence-corrected chi connectivity index (χ4v) is 3.62. The molecule has 0 aliphatic carbocycles. The number of anilines is 3. The van der Waals surface area contributed by atoms with Gasteiger partial charge in [0, 0.05) is 13.1 Å². The molecular weight excluding hydrogens is 464 g/mol. The van der Waals surface area contributed by atoms with E-state index in [9.17, 15) is 14.4 Å². The molecule has 0 aliphatic rings. The average Bonchev–Trinajstić information content (AvgIpc) is 3.25. The first-order valence-electron chi connectivity index (χ1n) is 10.3. The second kappa shape index (κ2) is 11.3. The second-order valence-corrected chi connectivity index (χ2v) is 7.57. The molecule has 1 aromatic carbocycles. The lowest BCUT2D eigenvalue weighted by Gasteiger charge is -2.12. The van der Waals surface area contributed by atoms with Crippen molar-refractivity contribution in [1.82, 2.24) is 24.6 Å². The molecule has 1 amide bonds. The molecular formula is C20H24N8O5S. The van der Waals surface area contributed by atoms with E-state index in [1.165, 1.54) is 32.4 Å². The molecule has 13 nitrogen and oxygen atoms in total. The Bertz CT molecular complexity index is 1220. The normalized spacial score (nSPS) is 10.6. The lowest BCUT2D eigenvalue weighted by Crippen LogP contribution is -2.18. The van der Waals surface area contributed by atoms with E-state index in [2.05, 4.69) is 36.1 Å². The molecule has 3 rings (SSSR count). The van der Waals surface area contributed by atoms with E-state index in [0.717, 1.165) is 11.8 Å². The van der Waals surface area contributed by atoms with E-state index in [0.29, 0.717) is 35.9 Å². The van der Waals surface area contributed by atoms with Crippen LogP contribution in [0.3, 0.4) is 0 Å². The van der Waals surface area contributed by atoms with E-state index >= 15 is 0 Å². The maximum absolute atomic E-state index is 12.7. The van der Waals surface area contributed by atoms with Crippen LogP contribution in [0.25, 0.3) is 5.78 Å². The molecule has 3 aromatic rings. The van der Waals surface area contributed by atoms with Gasteiger partial charge in [0.2, 0.25) is 17.8 Å². The fourth-order valence-electron chi connectivity index (χ4n) is 2.89. The molecule has 0 radical (unpaired) electrons. The minimum absolute atomic E-state index is 0.0651. The summed E-state index contributed by atoms with van der Waals surface area (Å²) in [5.74, 6) is -0.559. The maximum atomic E-state index is 12.7. The van der Waals surface area contributed by atoms with Gasteiger partial charge in [-0.2, -0.15) is 9.97 Å². The molecule has 14 heteroatoms. The summed E-state index contributed by atoms with van der Waals surface area (Å²) < 4.78 is 11.1. The van der Waals surface area contributed by atoms with E-state index in [4.69, 9.17) is 9.47 Å². The molecule has 180 valence electrons. The number of benzene rings is 1. The largest absolute Gasteiger partial charge is 0.465 e. The number of esters is 2. The standard InChI is InChI=1S/C20H24N8O5S/c1-5-21-17-24-18(22-6-2)28-19(25-17)26-27-20(28)34-10-14(29)23-13-9-11(15(30)32-3)7-8-12(13)16(31)33-4/h7-9H,5-6,10H2,1-4H3,(H,23,29)(H2,21,22,24,25,26). The Balaban J connectivity index is 1.81. The second-order valence-electron chi connectivity index (χ2n) is 6.63. The zero-order valence-electron chi connectivity index (χ0n) is 19.0. The van der Waals surface area contributed by atoms with Crippen LogP contribution in [0.2, 0.25) is 0 Å². The predicted octanol–water partition coefficient (Wildman–Crippen LogP) is 1.69. The minimum atomic E-state index is -0.660. The lowest BCUT2D eigenvalue weighted by atomic mass is 10.1. The van der Waals surface area contributed by atoms with Crippen LogP contribution >= 0.6 is 11.8 Å². The summed E-state index contributed by atoms with van der Waals surface area (Å²) in [6.07, 6.45) is 0. The van der Waals surface area contributed by atoms with Crippen molar-refractivity contribution in [2.45, 2.75) is 19.0 Å². The number of ether oxygens (including phenoxy) is 2. The first-order chi connectivity index (χ1) is 16.4. The highest BCUT2D eigenvalue weighted by molar-refractivity contribution is 7.99. The Labute approximate surface area is 199 Å². The van der Waals surface area contributed by atoms with Gasteiger partial charge in [0.1, 0.15) is 0 Å². The van der Waals surface area contributed by atoms with Crippen LogP contribution in [0.15, 0.2) is 23.4 Å². The van der Waals surface area contributed by atoms with Crippen LogP contribution < -0.4 is 16.0 Å². The quantitative estimate of drug-likeness (QED) is 0.280. The number of carbonyl (C=O) groups is 3. The zero-order chi connectivity index (χ0) is 24.7. The van der Waals surface area contributed by atoms with Crippen molar-refractivity contribution in [3.8, 4) is 0 Å². The Morgan fingerprint density at radius 3 is 2.41 bits per heavy atom. The number of nitrogens with zero attached hydrogens (tertiary/aromatic N) is 5. The third kappa shape index (κ3) is 5.51. The number of aromatic nitrogens is 5. The molecule has 34 heavy (non-hydrogen) atoms. The minimum Gasteiger partial charge on any atom is -0.465 e. The lowest BCUT2D eigenvalue weighted by molar-refractivity contribution is -0.113. The molecule has 0 bridgehead atoms. The van der Waals surface area contributed by atoms with Crippen molar-refractivity contribution in [3.63, 3.8) is 0 Å². The highest BCUT2D eigenvalue weighted by Gasteiger charge is 2.19. The van der Waals surface area contributed by atoms with Gasteiger partial charge in [0.25, 0.3) is 5.78 Å². The van der Waals surface area contributed by atoms with Gasteiger partial charge in [-0.15, -0.1) is 10.2 Å². The van der Waals surface area contributed by atoms with Gasteiger partial charge in [0.05, 0.1) is 36.8 Å². The number of amides is 1. The summed E-state index contributed by atoms with van der Waals surface area (Å²) in [5, 5.41) is 17.4. The third-order valence-electron chi connectivity index (χ3n) is 4.37. The Morgan fingerprint density at radius 1 is 1.00 bits per heavy atom. The zero-order valence-corrected chi connectivity index (χ0v) is 19.9. The van der Waals surface area contributed by atoms with E-state index in [1.807, 2.05) is 13.8 Å². The molecule has 0 spiro atoms. The van der Waals surface area contributed by atoms with Crippen LogP contribution in [0.5, 0.6) is 0 Å². The maximum Gasteiger partial charge on any atom is 0.339 e. The summed E-state index contributed by atoms with van der Waals surface area (Å²) >= 11 is 1.11. The van der Waals surface area contributed by atoms with E-state index in [1.54, 1.807) is 4.40 Å². The molecule has 0 saturated carbocycles. The molecule has 0 aliphatic heterocycles. The molecule has 0 atom stereocenters. The molecule has 3 N–H and O–H groups in total. The summed E-state index contributed by atoms with van der Waals surface area (Å²) in [6, 6.07) is 4.15. The van der Waals surface area contributed by atoms with E-state index in [-0.39, 0.29) is 22.6 Å². The number of thioether (sulfide) groups is 1. The van der Waals surface area contributed by atoms with Gasteiger partial charge in [-0.3, -0.25) is 4.79 Å². The van der Waals surface area contributed by atoms with Gasteiger partial charge >= 0.3 is 11.9 Å². The molecule has 0 saturated heterocycles. The number of nitrogens with one attached hydrogen (secondary N) is 3. The van der Waals surface area contributed by atoms with Crippen molar-refractivity contribution in [3.05, 3.63) is 29.3 Å².